The predicted octanol–water partition coefficient (Wildman–Crippen LogP) is 4.58. The molecule has 2 aromatic carbocycles. The summed E-state index contributed by atoms with van der Waals surface area (Å²) in [6.45, 7) is 3.49. The van der Waals surface area contributed by atoms with Gasteiger partial charge in [0.15, 0.2) is 5.76 Å². The lowest BCUT2D eigenvalue weighted by Crippen LogP contribution is -2.18. The van der Waals surface area contributed by atoms with Crippen molar-refractivity contribution < 1.29 is 9.47 Å². The highest BCUT2D eigenvalue weighted by molar-refractivity contribution is 5.91. The van der Waals surface area contributed by atoms with Crippen LogP contribution in [0.2, 0.25) is 0 Å². The maximum atomic E-state index is 9.38. The monoisotopic (exact) mass is 401 g/mol. The minimum absolute atomic E-state index is 0.135. The van der Waals surface area contributed by atoms with Crippen molar-refractivity contribution >= 4 is 29.1 Å². The first-order valence-electron chi connectivity index (χ1n) is 9.75. The summed E-state index contributed by atoms with van der Waals surface area (Å²) in [5.74, 6) is 1.24. The van der Waals surface area contributed by atoms with Crippen LogP contribution in [-0.4, -0.2) is 31.1 Å². The smallest absolute Gasteiger partial charge is 0.165 e. The third-order valence-electron chi connectivity index (χ3n) is 5.48. The van der Waals surface area contributed by atoms with E-state index in [0.717, 1.165) is 41.4 Å². The maximum Gasteiger partial charge on any atom is 0.165 e. The van der Waals surface area contributed by atoms with E-state index in [1.54, 1.807) is 20.4 Å². The van der Waals surface area contributed by atoms with E-state index in [4.69, 9.17) is 9.47 Å². The van der Waals surface area contributed by atoms with Crippen LogP contribution in [0, 0.1) is 11.3 Å². The average Bonchev–Trinajstić information content (AvgIpc) is 3.19. The van der Waals surface area contributed by atoms with Gasteiger partial charge in [-0.2, -0.15) is 10.4 Å². The Morgan fingerprint density at radius 3 is 2.97 bits per heavy atom. The average molecular weight is 401 g/mol. The molecule has 0 unspecified atom stereocenters. The Kier molecular flexibility index (Phi) is 5.40. The lowest BCUT2D eigenvalue weighted by atomic mass is 9.85. The molecule has 7 heteroatoms. The Morgan fingerprint density at radius 2 is 2.23 bits per heavy atom. The summed E-state index contributed by atoms with van der Waals surface area (Å²) in [6.07, 6.45) is 4.48. The van der Waals surface area contributed by atoms with Crippen molar-refractivity contribution in [1.29, 1.82) is 5.26 Å². The first-order valence-corrected chi connectivity index (χ1v) is 9.75. The number of nitrogens with one attached hydrogen (secondary N) is 2. The van der Waals surface area contributed by atoms with Crippen molar-refractivity contribution in [2.45, 2.75) is 25.3 Å². The van der Waals surface area contributed by atoms with Crippen molar-refractivity contribution in [1.82, 2.24) is 10.2 Å². The molecule has 3 aromatic rings. The number of methoxy groups -OCH3 is 2. The van der Waals surface area contributed by atoms with Gasteiger partial charge in [0, 0.05) is 16.6 Å². The Bertz CT molecular complexity index is 1170. The van der Waals surface area contributed by atoms with E-state index in [-0.39, 0.29) is 6.04 Å². The van der Waals surface area contributed by atoms with Gasteiger partial charge < -0.3 is 14.8 Å². The molecule has 7 nitrogen and oxygen atoms in total. The van der Waals surface area contributed by atoms with Gasteiger partial charge in [-0.25, -0.2) is 0 Å². The minimum Gasteiger partial charge on any atom is -0.495 e. The van der Waals surface area contributed by atoms with Crippen molar-refractivity contribution in [3.8, 4) is 11.8 Å². The van der Waals surface area contributed by atoms with Gasteiger partial charge in [-0.05, 0) is 55.8 Å². The van der Waals surface area contributed by atoms with Crippen LogP contribution in [0.5, 0.6) is 5.75 Å². The van der Waals surface area contributed by atoms with Gasteiger partial charge in [-0.15, -0.1) is 0 Å². The predicted molar refractivity (Wildman–Crippen MR) is 118 cm³/mol. The normalized spacial score (nSPS) is 15.9. The first-order chi connectivity index (χ1) is 14.7. The van der Waals surface area contributed by atoms with Gasteiger partial charge in [0.2, 0.25) is 0 Å². The van der Waals surface area contributed by atoms with Crippen LogP contribution in [0.4, 0.5) is 5.69 Å². The van der Waals surface area contributed by atoms with Crippen LogP contribution in [0.15, 0.2) is 41.5 Å². The highest BCUT2D eigenvalue weighted by atomic mass is 16.5. The van der Waals surface area contributed by atoms with Crippen molar-refractivity contribution in [3.05, 3.63) is 58.9 Å². The van der Waals surface area contributed by atoms with E-state index in [0.29, 0.717) is 22.8 Å². The number of nitriles is 1. The number of anilines is 1. The van der Waals surface area contributed by atoms with Gasteiger partial charge in [0.25, 0.3) is 0 Å². The molecule has 30 heavy (non-hydrogen) atoms. The maximum absolute atomic E-state index is 9.38. The number of fused-ring (bicyclic) bond motifs is 2. The third kappa shape index (κ3) is 3.37. The fourth-order valence-corrected chi connectivity index (χ4v) is 4.12. The van der Waals surface area contributed by atoms with Crippen LogP contribution in [0.25, 0.3) is 16.7 Å². The number of aliphatic imine (C=N–C) groups is 1. The highest BCUT2D eigenvalue weighted by Gasteiger charge is 2.25. The van der Waals surface area contributed by atoms with Crippen LogP contribution < -0.4 is 10.1 Å². The molecule has 1 aromatic heterocycles. The van der Waals surface area contributed by atoms with E-state index in [2.05, 4.69) is 39.4 Å². The molecular formula is C23H23N5O2. The molecule has 1 atom stereocenters. The fraction of sp³-hybridized carbons (Fsp3) is 0.261. The Labute approximate surface area is 175 Å². The fourth-order valence-electron chi connectivity index (χ4n) is 4.12. The molecule has 2 N–H and O–H groups in total. The van der Waals surface area contributed by atoms with Gasteiger partial charge in [-0.3, -0.25) is 10.1 Å². The number of ether oxygens (including phenoxy) is 2. The summed E-state index contributed by atoms with van der Waals surface area (Å²) in [4.78, 5) is 3.80. The standard InChI is InChI=1S/C23H23N5O2/c1-25-13-21(29-2)22-18-11-15(8-10-20(18)27-28-22)26-19-6-4-5-17-16(19)9-7-14(12-24)23(17)30-3/h7-11,13,19,26H,1,4-6H2,2-3H3,(H,27,28)/b21-13-/t19-/m1/s1. The van der Waals surface area contributed by atoms with Crippen molar-refractivity contribution in [3.63, 3.8) is 0 Å². The number of benzene rings is 2. The molecule has 0 amide bonds. The largest absolute Gasteiger partial charge is 0.495 e. The molecule has 0 spiro atoms. The van der Waals surface area contributed by atoms with Crippen LogP contribution in [0.3, 0.4) is 0 Å². The van der Waals surface area contributed by atoms with Crippen molar-refractivity contribution in [2.75, 3.05) is 19.5 Å². The zero-order chi connectivity index (χ0) is 21.1. The third-order valence-corrected chi connectivity index (χ3v) is 5.48. The number of aromatic amines is 1. The topological polar surface area (TPSA) is 95.3 Å². The summed E-state index contributed by atoms with van der Waals surface area (Å²) in [5.41, 5.74) is 5.45. The van der Waals surface area contributed by atoms with Crippen LogP contribution in [0.1, 0.15) is 41.3 Å². The molecule has 0 radical (unpaired) electrons. The van der Waals surface area contributed by atoms with E-state index in [1.807, 2.05) is 24.3 Å². The lowest BCUT2D eigenvalue weighted by molar-refractivity contribution is 0.368. The summed E-state index contributed by atoms with van der Waals surface area (Å²) in [5, 5.41) is 21.4. The molecule has 0 saturated carbocycles. The minimum atomic E-state index is 0.135. The van der Waals surface area contributed by atoms with Crippen molar-refractivity contribution in [2.24, 2.45) is 4.99 Å². The van der Waals surface area contributed by atoms with Gasteiger partial charge in [0.1, 0.15) is 17.5 Å². The van der Waals surface area contributed by atoms with Gasteiger partial charge in [-0.1, -0.05) is 6.07 Å². The Balaban J connectivity index is 1.70. The summed E-state index contributed by atoms with van der Waals surface area (Å²) < 4.78 is 11.0. The molecule has 1 aliphatic rings. The number of aromatic nitrogens is 2. The van der Waals surface area contributed by atoms with Gasteiger partial charge in [0.05, 0.1) is 37.5 Å². The number of nitrogens with zero attached hydrogens (tertiary/aromatic N) is 3. The molecule has 0 fully saturated rings. The second kappa shape index (κ2) is 8.29. The molecule has 1 heterocycles. The quantitative estimate of drug-likeness (QED) is 0.466. The second-order valence-electron chi connectivity index (χ2n) is 7.13. The molecule has 0 saturated heterocycles. The van der Waals surface area contributed by atoms with E-state index in [9.17, 15) is 5.26 Å². The second-order valence-corrected chi connectivity index (χ2v) is 7.13. The number of rotatable bonds is 6. The lowest BCUT2D eigenvalue weighted by Gasteiger charge is -2.29. The molecule has 1 aliphatic carbocycles. The summed E-state index contributed by atoms with van der Waals surface area (Å²) in [7, 11) is 3.21. The van der Waals surface area contributed by atoms with E-state index in [1.165, 1.54) is 5.56 Å². The molecule has 0 bridgehead atoms. The molecule has 0 aliphatic heterocycles. The van der Waals surface area contributed by atoms with E-state index < -0.39 is 0 Å². The van der Waals surface area contributed by atoms with E-state index >= 15 is 0 Å². The SMILES string of the molecule is C=N/C=C(\OC)c1n[nH]c2ccc(N[C@@H]3CCCc4c3ccc(C#N)c4OC)cc12. The number of hydrogen-bond donors (Lipinski definition) is 2. The van der Waals surface area contributed by atoms with Crippen LogP contribution >= 0.6 is 0 Å². The zero-order valence-electron chi connectivity index (χ0n) is 17.0. The number of hydrogen-bond acceptors (Lipinski definition) is 6. The Hall–Kier alpha value is -3.79. The summed E-state index contributed by atoms with van der Waals surface area (Å²) in [6, 6.07) is 12.3. The zero-order valence-corrected chi connectivity index (χ0v) is 17.0. The molecular weight excluding hydrogens is 378 g/mol. The molecule has 152 valence electrons. The highest BCUT2D eigenvalue weighted by Crippen LogP contribution is 2.39. The number of H-pyrrole nitrogens is 1. The van der Waals surface area contributed by atoms with Crippen LogP contribution in [-0.2, 0) is 11.2 Å². The first kappa shape index (κ1) is 19.5. The Morgan fingerprint density at radius 1 is 1.37 bits per heavy atom. The molecule has 4 rings (SSSR count). The summed E-state index contributed by atoms with van der Waals surface area (Å²) >= 11 is 0. The van der Waals surface area contributed by atoms with Gasteiger partial charge >= 0.3 is 0 Å².